The molecule has 6 nitrogen and oxygen atoms in total. The molecule has 0 aromatic carbocycles. The maximum Gasteiger partial charge on any atom is 0.367 e. The summed E-state index contributed by atoms with van der Waals surface area (Å²) in [5.41, 5.74) is 0.494. The van der Waals surface area contributed by atoms with Crippen molar-refractivity contribution in [2.75, 3.05) is 6.61 Å². The third-order valence-electron chi connectivity index (χ3n) is 1.70. The van der Waals surface area contributed by atoms with Gasteiger partial charge in [-0.1, -0.05) is 5.16 Å². The predicted octanol–water partition coefficient (Wildman–Crippen LogP) is 1.68. The van der Waals surface area contributed by atoms with Gasteiger partial charge in [0.15, 0.2) is 5.82 Å². The van der Waals surface area contributed by atoms with Crippen molar-refractivity contribution in [2.45, 2.75) is 13.8 Å². The van der Waals surface area contributed by atoms with Crippen LogP contribution in [0, 0.1) is 6.92 Å². The van der Waals surface area contributed by atoms with Crippen LogP contribution in [0.2, 0.25) is 0 Å². The first kappa shape index (κ1) is 10.7. The molecule has 0 aliphatic rings. The molecule has 0 aliphatic carbocycles. The summed E-state index contributed by atoms with van der Waals surface area (Å²) in [6, 6.07) is 0. The highest BCUT2D eigenvalue weighted by atomic mass is 32.1. The SMILES string of the molecule is CCOC(=O)c1nc(-c2nc(C)no2)cs1. The van der Waals surface area contributed by atoms with Crippen LogP contribution in [0.25, 0.3) is 11.6 Å². The minimum atomic E-state index is -0.435. The molecule has 0 saturated heterocycles. The van der Waals surface area contributed by atoms with Crippen LogP contribution in [0.4, 0.5) is 0 Å². The van der Waals surface area contributed by atoms with Crippen molar-refractivity contribution in [1.29, 1.82) is 0 Å². The molecule has 2 aromatic heterocycles. The van der Waals surface area contributed by atoms with Crippen LogP contribution in [0.15, 0.2) is 9.90 Å². The molecule has 0 spiro atoms. The minimum Gasteiger partial charge on any atom is -0.461 e. The summed E-state index contributed by atoms with van der Waals surface area (Å²) in [4.78, 5) is 19.4. The van der Waals surface area contributed by atoms with Crippen molar-refractivity contribution in [2.24, 2.45) is 0 Å². The number of ether oxygens (including phenoxy) is 1. The fourth-order valence-corrected chi connectivity index (χ4v) is 1.74. The first-order chi connectivity index (χ1) is 7.70. The lowest BCUT2D eigenvalue weighted by Crippen LogP contribution is -2.03. The number of thiazole rings is 1. The van der Waals surface area contributed by atoms with Crippen molar-refractivity contribution >= 4 is 17.3 Å². The number of rotatable bonds is 3. The number of hydrogen-bond donors (Lipinski definition) is 0. The summed E-state index contributed by atoms with van der Waals surface area (Å²) >= 11 is 1.19. The lowest BCUT2D eigenvalue weighted by molar-refractivity contribution is 0.0526. The summed E-state index contributed by atoms with van der Waals surface area (Å²) < 4.78 is 9.76. The summed E-state index contributed by atoms with van der Waals surface area (Å²) in [7, 11) is 0. The van der Waals surface area contributed by atoms with E-state index in [-0.39, 0.29) is 5.01 Å². The third kappa shape index (κ3) is 2.08. The zero-order valence-corrected chi connectivity index (χ0v) is 9.58. The molecule has 0 saturated carbocycles. The minimum absolute atomic E-state index is 0.285. The number of carbonyl (C=O) groups is 1. The maximum atomic E-state index is 11.4. The first-order valence-corrected chi connectivity index (χ1v) is 5.52. The topological polar surface area (TPSA) is 78.1 Å². The highest BCUT2D eigenvalue weighted by Gasteiger charge is 2.16. The van der Waals surface area contributed by atoms with Crippen LogP contribution < -0.4 is 0 Å². The van der Waals surface area contributed by atoms with E-state index in [9.17, 15) is 4.79 Å². The Morgan fingerprint density at radius 1 is 1.56 bits per heavy atom. The monoisotopic (exact) mass is 239 g/mol. The van der Waals surface area contributed by atoms with Crippen molar-refractivity contribution in [3.05, 3.63) is 16.2 Å². The van der Waals surface area contributed by atoms with Gasteiger partial charge in [-0.25, -0.2) is 9.78 Å². The highest BCUT2D eigenvalue weighted by molar-refractivity contribution is 7.11. The molecule has 16 heavy (non-hydrogen) atoms. The van der Waals surface area contributed by atoms with Gasteiger partial charge in [0.1, 0.15) is 5.69 Å². The zero-order chi connectivity index (χ0) is 11.5. The average molecular weight is 239 g/mol. The molecule has 84 valence electrons. The Morgan fingerprint density at radius 2 is 2.38 bits per heavy atom. The fraction of sp³-hybridized carbons (Fsp3) is 0.333. The first-order valence-electron chi connectivity index (χ1n) is 4.64. The van der Waals surface area contributed by atoms with E-state index in [0.717, 1.165) is 0 Å². The maximum absolute atomic E-state index is 11.4. The van der Waals surface area contributed by atoms with Gasteiger partial charge in [-0.05, 0) is 13.8 Å². The van der Waals surface area contributed by atoms with Gasteiger partial charge in [-0.2, -0.15) is 4.98 Å². The summed E-state index contributed by atoms with van der Waals surface area (Å²) in [5, 5.41) is 5.61. The average Bonchev–Trinajstić information content (AvgIpc) is 2.85. The quantitative estimate of drug-likeness (QED) is 0.758. The van der Waals surface area contributed by atoms with E-state index in [1.54, 1.807) is 19.2 Å². The van der Waals surface area contributed by atoms with E-state index in [1.807, 2.05) is 0 Å². The van der Waals surface area contributed by atoms with Crippen molar-refractivity contribution in [1.82, 2.24) is 15.1 Å². The summed E-state index contributed by atoms with van der Waals surface area (Å²) in [6.07, 6.45) is 0. The van der Waals surface area contributed by atoms with Crippen LogP contribution in [0.5, 0.6) is 0 Å². The predicted molar refractivity (Wildman–Crippen MR) is 56.1 cm³/mol. The van der Waals surface area contributed by atoms with Gasteiger partial charge in [0.2, 0.25) is 5.01 Å². The smallest absolute Gasteiger partial charge is 0.367 e. The molecule has 2 heterocycles. The Kier molecular flexibility index (Phi) is 2.95. The van der Waals surface area contributed by atoms with Crippen molar-refractivity contribution < 1.29 is 14.1 Å². The van der Waals surface area contributed by atoms with Gasteiger partial charge in [-0.15, -0.1) is 11.3 Å². The van der Waals surface area contributed by atoms with Gasteiger partial charge in [-0.3, -0.25) is 0 Å². The normalized spacial score (nSPS) is 10.4. The number of aromatic nitrogens is 3. The van der Waals surface area contributed by atoms with Crippen molar-refractivity contribution in [3.63, 3.8) is 0 Å². The molecule has 2 aromatic rings. The Labute approximate surface area is 95.3 Å². The molecule has 2 rings (SSSR count). The molecule has 0 radical (unpaired) electrons. The second kappa shape index (κ2) is 4.40. The Balaban J connectivity index is 2.22. The summed E-state index contributed by atoms with van der Waals surface area (Å²) in [5.74, 6) is 0.403. The Bertz CT molecular complexity index is 506. The van der Waals surface area contributed by atoms with E-state index >= 15 is 0 Å². The van der Waals surface area contributed by atoms with Gasteiger partial charge < -0.3 is 9.26 Å². The van der Waals surface area contributed by atoms with E-state index in [1.165, 1.54) is 11.3 Å². The van der Waals surface area contributed by atoms with E-state index in [2.05, 4.69) is 15.1 Å². The fourth-order valence-electron chi connectivity index (χ4n) is 1.06. The molecule has 7 heteroatoms. The lowest BCUT2D eigenvalue weighted by atomic mass is 10.5. The number of carbonyl (C=O) groups excluding carboxylic acids is 1. The van der Waals surface area contributed by atoms with Crippen LogP contribution in [-0.4, -0.2) is 27.7 Å². The van der Waals surface area contributed by atoms with Crippen molar-refractivity contribution in [3.8, 4) is 11.6 Å². The second-order valence-electron chi connectivity index (χ2n) is 2.91. The summed E-state index contributed by atoms with van der Waals surface area (Å²) in [6.45, 7) is 3.78. The standard InChI is InChI=1S/C9H9N3O3S/c1-3-14-9(13)8-11-6(4-16-8)7-10-5(2)12-15-7/h4H,3H2,1-2H3. The van der Waals surface area contributed by atoms with E-state index in [0.29, 0.717) is 24.0 Å². The zero-order valence-electron chi connectivity index (χ0n) is 8.76. The number of hydrogen-bond acceptors (Lipinski definition) is 7. The van der Waals surface area contributed by atoms with E-state index in [4.69, 9.17) is 9.26 Å². The van der Waals surface area contributed by atoms with Crippen LogP contribution >= 0.6 is 11.3 Å². The number of nitrogens with zero attached hydrogens (tertiary/aromatic N) is 3. The van der Waals surface area contributed by atoms with Gasteiger partial charge in [0.25, 0.3) is 5.89 Å². The third-order valence-corrected chi connectivity index (χ3v) is 2.52. The highest BCUT2D eigenvalue weighted by Crippen LogP contribution is 2.20. The molecule has 0 unspecified atom stereocenters. The van der Waals surface area contributed by atoms with Crippen LogP contribution in [0.1, 0.15) is 22.6 Å². The lowest BCUT2D eigenvalue weighted by Gasteiger charge is -1.95. The molecular weight excluding hydrogens is 230 g/mol. The van der Waals surface area contributed by atoms with Crippen LogP contribution in [-0.2, 0) is 4.74 Å². The number of aryl methyl sites for hydroxylation is 1. The molecule has 0 bridgehead atoms. The van der Waals surface area contributed by atoms with E-state index < -0.39 is 5.97 Å². The molecule has 0 atom stereocenters. The second-order valence-corrected chi connectivity index (χ2v) is 3.76. The molecule has 0 fully saturated rings. The molecular formula is C9H9N3O3S. The Hall–Kier alpha value is -1.76. The van der Waals surface area contributed by atoms with Crippen LogP contribution in [0.3, 0.4) is 0 Å². The molecule has 0 N–H and O–H groups in total. The molecule has 0 aliphatic heterocycles. The number of esters is 1. The van der Waals surface area contributed by atoms with Gasteiger partial charge in [0, 0.05) is 5.38 Å². The largest absolute Gasteiger partial charge is 0.461 e. The van der Waals surface area contributed by atoms with Gasteiger partial charge in [0.05, 0.1) is 6.61 Å². The van der Waals surface area contributed by atoms with Gasteiger partial charge >= 0.3 is 5.97 Å². The molecule has 0 amide bonds. The Morgan fingerprint density at radius 3 is 3.00 bits per heavy atom.